The third-order valence-electron chi connectivity index (χ3n) is 4.79. The number of benzene rings is 2. The summed E-state index contributed by atoms with van der Waals surface area (Å²) in [7, 11) is 0. The molecule has 1 saturated heterocycles. The Morgan fingerprint density at radius 2 is 1.88 bits per heavy atom. The lowest BCUT2D eigenvalue weighted by atomic mass is 10.1. The third-order valence-corrected chi connectivity index (χ3v) is 4.79. The molecule has 26 heavy (non-hydrogen) atoms. The smallest absolute Gasteiger partial charge is 0.227 e. The molecule has 0 aliphatic carbocycles. The number of para-hydroxylation sites is 2. The van der Waals surface area contributed by atoms with Gasteiger partial charge >= 0.3 is 0 Å². The Hall–Kier alpha value is -3.08. The number of nitrogens with zero attached hydrogens (tertiary/aromatic N) is 1. The fourth-order valence-corrected chi connectivity index (χ4v) is 3.36. The van der Waals surface area contributed by atoms with Crippen LogP contribution in [0, 0.1) is 5.92 Å². The highest BCUT2D eigenvalue weighted by Gasteiger charge is 2.35. The van der Waals surface area contributed by atoms with Gasteiger partial charge in [0.25, 0.3) is 0 Å². The second-order valence-corrected chi connectivity index (χ2v) is 6.66. The van der Waals surface area contributed by atoms with Crippen LogP contribution in [0.2, 0.25) is 0 Å². The summed E-state index contributed by atoms with van der Waals surface area (Å²) in [6.07, 6.45) is 0.230. The number of nitrogens with one attached hydrogen (secondary N) is 1. The minimum atomic E-state index is -0.352. The topological polar surface area (TPSA) is 62.6 Å². The van der Waals surface area contributed by atoms with E-state index < -0.39 is 0 Å². The van der Waals surface area contributed by atoms with E-state index >= 15 is 0 Å². The number of furan rings is 1. The molecule has 4 rings (SSSR count). The van der Waals surface area contributed by atoms with E-state index in [0.29, 0.717) is 12.3 Å². The molecule has 2 amide bonds. The number of hydrogen-bond acceptors (Lipinski definition) is 3. The first kappa shape index (κ1) is 16.4. The van der Waals surface area contributed by atoms with Crippen molar-refractivity contribution in [2.24, 2.45) is 5.92 Å². The lowest BCUT2D eigenvalue weighted by Crippen LogP contribution is -2.34. The summed E-state index contributed by atoms with van der Waals surface area (Å²) in [4.78, 5) is 26.6. The van der Waals surface area contributed by atoms with Crippen molar-refractivity contribution < 1.29 is 14.0 Å². The highest BCUT2D eigenvalue weighted by molar-refractivity contribution is 6.00. The van der Waals surface area contributed by atoms with E-state index in [1.807, 2.05) is 67.6 Å². The molecule has 1 N–H and O–H groups in total. The van der Waals surface area contributed by atoms with Crippen LogP contribution < -0.4 is 10.2 Å². The number of hydrogen-bond donors (Lipinski definition) is 1. The van der Waals surface area contributed by atoms with E-state index in [2.05, 4.69) is 5.32 Å². The maximum atomic E-state index is 12.6. The van der Waals surface area contributed by atoms with E-state index in [1.165, 1.54) is 0 Å². The summed E-state index contributed by atoms with van der Waals surface area (Å²) in [5, 5.41) is 3.99. The monoisotopic (exact) mass is 348 g/mol. The zero-order chi connectivity index (χ0) is 18.1. The van der Waals surface area contributed by atoms with Crippen molar-refractivity contribution in [1.29, 1.82) is 0 Å². The number of amides is 2. The fraction of sp³-hybridized carbons (Fsp3) is 0.238. The molecule has 3 aromatic rings. The van der Waals surface area contributed by atoms with Crippen LogP contribution in [0.1, 0.15) is 25.1 Å². The van der Waals surface area contributed by atoms with Gasteiger partial charge in [-0.2, -0.15) is 0 Å². The maximum absolute atomic E-state index is 12.6. The maximum Gasteiger partial charge on any atom is 0.227 e. The van der Waals surface area contributed by atoms with Gasteiger partial charge in [0, 0.05) is 24.0 Å². The lowest BCUT2D eigenvalue weighted by Gasteiger charge is -2.17. The first-order valence-electron chi connectivity index (χ1n) is 8.76. The molecule has 0 spiro atoms. The Kier molecular flexibility index (Phi) is 4.21. The standard InChI is InChI=1S/C21H20N2O3/c1-14(19-11-15-7-5-6-10-18(15)26-19)22-21(25)16-12-20(24)23(13-16)17-8-3-2-4-9-17/h2-11,14,16H,12-13H2,1H3,(H,22,25)/t14-,16+/m0/s1. The van der Waals surface area contributed by atoms with Crippen LogP contribution in [-0.4, -0.2) is 18.4 Å². The van der Waals surface area contributed by atoms with Crippen molar-refractivity contribution >= 4 is 28.5 Å². The summed E-state index contributed by atoms with van der Waals surface area (Å²) in [5.74, 6) is 0.218. The summed E-state index contributed by atoms with van der Waals surface area (Å²) in [6.45, 7) is 2.29. The van der Waals surface area contributed by atoms with E-state index in [4.69, 9.17) is 4.42 Å². The van der Waals surface area contributed by atoms with Crippen molar-refractivity contribution in [1.82, 2.24) is 5.32 Å². The third kappa shape index (κ3) is 3.08. The molecule has 0 radical (unpaired) electrons. The average molecular weight is 348 g/mol. The van der Waals surface area contributed by atoms with Gasteiger partial charge in [0.2, 0.25) is 11.8 Å². The molecule has 0 unspecified atom stereocenters. The van der Waals surface area contributed by atoms with Crippen LogP contribution in [0.15, 0.2) is 65.1 Å². The van der Waals surface area contributed by atoms with E-state index in [1.54, 1.807) is 4.90 Å². The number of anilines is 1. The van der Waals surface area contributed by atoms with Crippen LogP contribution >= 0.6 is 0 Å². The molecule has 2 aromatic carbocycles. The van der Waals surface area contributed by atoms with Crippen molar-refractivity contribution in [2.45, 2.75) is 19.4 Å². The zero-order valence-corrected chi connectivity index (χ0v) is 14.5. The van der Waals surface area contributed by atoms with Crippen LogP contribution in [0.25, 0.3) is 11.0 Å². The van der Waals surface area contributed by atoms with E-state index in [9.17, 15) is 9.59 Å². The van der Waals surface area contributed by atoms with E-state index in [-0.39, 0.29) is 30.2 Å². The molecule has 5 nitrogen and oxygen atoms in total. The van der Waals surface area contributed by atoms with Crippen LogP contribution in [-0.2, 0) is 9.59 Å². The van der Waals surface area contributed by atoms with Crippen LogP contribution in [0.4, 0.5) is 5.69 Å². The Balaban J connectivity index is 1.44. The molecule has 1 aliphatic heterocycles. The Labute approximate surface area is 151 Å². The van der Waals surface area contributed by atoms with Gasteiger partial charge in [0.05, 0.1) is 12.0 Å². The van der Waals surface area contributed by atoms with Gasteiger partial charge in [-0.15, -0.1) is 0 Å². The number of carbonyl (C=O) groups excluding carboxylic acids is 2. The van der Waals surface area contributed by atoms with Gasteiger partial charge in [-0.25, -0.2) is 0 Å². The van der Waals surface area contributed by atoms with Crippen LogP contribution in [0.5, 0.6) is 0 Å². The van der Waals surface area contributed by atoms with Gasteiger partial charge in [0.1, 0.15) is 11.3 Å². The fourth-order valence-electron chi connectivity index (χ4n) is 3.36. The predicted octanol–water partition coefficient (Wildman–Crippen LogP) is 3.66. The number of rotatable bonds is 4. The average Bonchev–Trinajstić information content (AvgIpc) is 3.26. The molecular weight excluding hydrogens is 328 g/mol. The lowest BCUT2D eigenvalue weighted by molar-refractivity contribution is -0.127. The van der Waals surface area contributed by atoms with Crippen molar-refractivity contribution in [3.8, 4) is 0 Å². The van der Waals surface area contributed by atoms with Gasteiger partial charge < -0.3 is 14.6 Å². The molecule has 1 aromatic heterocycles. The largest absolute Gasteiger partial charge is 0.459 e. The van der Waals surface area contributed by atoms with Gasteiger partial charge in [-0.3, -0.25) is 9.59 Å². The summed E-state index contributed by atoms with van der Waals surface area (Å²) in [5.41, 5.74) is 1.63. The first-order chi connectivity index (χ1) is 12.6. The number of fused-ring (bicyclic) bond motifs is 1. The van der Waals surface area contributed by atoms with Gasteiger partial charge in [-0.05, 0) is 31.2 Å². The summed E-state index contributed by atoms with van der Waals surface area (Å²) >= 11 is 0. The summed E-state index contributed by atoms with van der Waals surface area (Å²) < 4.78 is 5.81. The molecule has 2 atom stereocenters. The van der Waals surface area contributed by atoms with Crippen molar-refractivity contribution in [3.63, 3.8) is 0 Å². The first-order valence-corrected chi connectivity index (χ1v) is 8.76. The molecule has 0 bridgehead atoms. The van der Waals surface area contributed by atoms with Crippen molar-refractivity contribution in [2.75, 3.05) is 11.4 Å². The minimum absolute atomic E-state index is 0.0206. The van der Waals surface area contributed by atoms with Gasteiger partial charge in [-0.1, -0.05) is 36.4 Å². The normalized spacial score (nSPS) is 18.3. The van der Waals surface area contributed by atoms with Crippen molar-refractivity contribution in [3.05, 3.63) is 66.4 Å². The zero-order valence-electron chi connectivity index (χ0n) is 14.5. The quantitative estimate of drug-likeness (QED) is 0.782. The molecule has 1 aliphatic rings. The molecular formula is C21H20N2O3. The number of carbonyl (C=O) groups is 2. The summed E-state index contributed by atoms with van der Waals surface area (Å²) in [6, 6.07) is 18.9. The molecule has 0 saturated carbocycles. The minimum Gasteiger partial charge on any atom is -0.459 e. The predicted molar refractivity (Wildman–Crippen MR) is 99.7 cm³/mol. The molecule has 132 valence electrons. The van der Waals surface area contributed by atoms with Crippen LogP contribution in [0.3, 0.4) is 0 Å². The SMILES string of the molecule is C[C@H](NC(=O)[C@@H]1CC(=O)N(c2ccccc2)C1)c1cc2ccccc2o1. The van der Waals surface area contributed by atoms with Gasteiger partial charge in [0.15, 0.2) is 0 Å². The molecule has 5 heteroatoms. The second kappa shape index (κ2) is 6.67. The Morgan fingerprint density at radius 1 is 1.15 bits per heavy atom. The second-order valence-electron chi connectivity index (χ2n) is 6.66. The highest BCUT2D eigenvalue weighted by Crippen LogP contribution is 2.27. The Bertz CT molecular complexity index is 915. The molecule has 2 heterocycles. The molecule has 1 fully saturated rings. The highest BCUT2D eigenvalue weighted by atomic mass is 16.3. The van der Waals surface area contributed by atoms with E-state index in [0.717, 1.165) is 16.7 Å². The Morgan fingerprint density at radius 3 is 2.65 bits per heavy atom.